The molecule has 4 nitrogen and oxygen atoms in total. The van der Waals surface area contributed by atoms with Crippen molar-refractivity contribution >= 4 is 11.5 Å². The van der Waals surface area contributed by atoms with Gasteiger partial charge in [-0.15, -0.1) is 0 Å². The van der Waals surface area contributed by atoms with Crippen molar-refractivity contribution < 1.29 is 9.32 Å². The molecular weight excluding hydrogens is 216 g/mol. The first kappa shape index (κ1) is 14.9. The summed E-state index contributed by atoms with van der Waals surface area (Å²) in [4.78, 5) is 10.8. The Hall–Kier alpha value is -2.10. The fraction of sp³-hybridized carbons (Fsp3) is 0.231. The molecule has 0 saturated heterocycles. The molecule has 4 heteroatoms. The molecule has 17 heavy (non-hydrogen) atoms. The van der Waals surface area contributed by atoms with Crippen LogP contribution in [0.25, 0.3) is 5.57 Å². The number of carbonyl (C=O) groups is 1. The number of primary amides is 1. The molecule has 0 aliphatic carbocycles. The number of hydrogen-bond acceptors (Lipinski definition) is 3. The molecule has 0 radical (unpaired) electrons. The maximum atomic E-state index is 10.8. The van der Waals surface area contributed by atoms with Crippen molar-refractivity contribution in [3.8, 4) is 0 Å². The Morgan fingerprint density at radius 1 is 1.53 bits per heavy atom. The number of nitrogens with zero attached hydrogens (tertiary/aromatic N) is 1. The van der Waals surface area contributed by atoms with E-state index in [1.807, 2.05) is 32.9 Å². The van der Waals surface area contributed by atoms with Crippen LogP contribution in [0.4, 0.5) is 0 Å². The highest BCUT2D eigenvalue weighted by atomic mass is 16.5. The number of hydrogen-bond donors (Lipinski definition) is 1. The van der Waals surface area contributed by atoms with Crippen LogP contribution in [-0.4, -0.2) is 11.1 Å². The Balaban J connectivity index is 0.00000121. The minimum absolute atomic E-state index is 0.0522. The smallest absolute Gasteiger partial charge is 0.287 e. The SMILES string of the molecule is C=C/C=C\C(=C/C)c1cc(C(N)=O)on1.CC. The highest BCUT2D eigenvalue weighted by molar-refractivity contribution is 5.90. The van der Waals surface area contributed by atoms with Gasteiger partial charge in [-0.2, -0.15) is 0 Å². The lowest BCUT2D eigenvalue weighted by atomic mass is 10.1. The molecule has 0 saturated carbocycles. The molecule has 0 atom stereocenters. The quantitative estimate of drug-likeness (QED) is 0.814. The maximum absolute atomic E-state index is 10.8. The van der Waals surface area contributed by atoms with Gasteiger partial charge in [-0.1, -0.05) is 49.9 Å². The lowest BCUT2D eigenvalue weighted by molar-refractivity contribution is 0.0965. The lowest BCUT2D eigenvalue weighted by Crippen LogP contribution is -2.09. The van der Waals surface area contributed by atoms with Crippen LogP contribution in [0.1, 0.15) is 37.0 Å². The van der Waals surface area contributed by atoms with E-state index in [1.165, 1.54) is 6.07 Å². The summed E-state index contributed by atoms with van der Waals surface area (Å²) in [7, 11) is 0. The second kappa shape index (κ2) is 8.10. The van der Waals surface area contributed by atoms with Crippen molar-refractivity contribution in [2.45, 2.75) is 20.8 Å². The molecule has 0 fully saturated rings. The Morgan fingerprint density at radius 3 is 2.59 bits per heavy atom. The maximum Gasteiger partial charge on any atom is 0.287 e. The largest absolute Gasteiger partial charge is 0.363 e. The lowest BCUT2D eigenvalue weighted by Gasteiger charge is -1.91. The first-order valence-electron chi connectivity index (χ1n) is 5.41. The van der Waals surface area contributed by atoms with E-state index in [2.05, 4.69) is 11.7 Å². The molecule has 0 bridgehead atoms. The highest BCUT2D eigenvalue weighted by Crippen LogP contribution is 2.15. The van der Waals surface area contributed by atoms with Crippen LogP contribution in [0.3, 0.4) is 0 Å². The minimum atomic E-state index is -0.628. The molecule has 2 N–H and O–H groups in total. The monoisotopic (exact) mass is 234 g/mol. The summed E-state index contributed by atoms with van der Waals surface area (Å²) in [5.41, 5.74) is 6.46. The molecule has 1 rings (SSSR count). The van der Waals surface area contributed by atoms with Crippen LogP contribution in [-0.2, 0) is 0 Å². The highest BCUT2D eigenvalue weighted by Gasteiger charge is 2.10. The number of rotatable bonds is 4. The van der Waals surface area contributed by atoms with E-state index < -0.39 is 5.91 Å². The zero-order valence-corrected chi connectivity index (χ0v) is 10.4. The van der Waals surface area contributed by atoms with Gasteiger partial charge in [-0.05, 0) is 12.5 Å². The van der Waals surface area contributed by atoms with E-state index in [9.17, 15) is 4.79 Å². The first-order chi connectivity index (χ1) is 8.19. The van der Waals surface area contributed by atoms with Crippen LogP contribution in [0.15, 0.2) is 41.5 Å². The van der Waals surface area contributed by atoms with Gasteiger partial charge in [0.2, 0.25) is 5.76 Å². The predicted octanol–water partition coefficient (Wildman–Crippen LogP) is 2.95. The van der Waals surface area contributed by atoms with Crippen molar-refractivity contribution in [1.29, 1.82) is 0 Å². The molecule has 1 heterocycles. The normalized spacial score (nSPS) is 10.9. The molecule has 1 aromatic heterocycles. The summed E-state index contributed by atoms with van der Waals surface area (Å²) >= 11 is 0. The van der Waals surface area contributed by atoms with Crippen LogP contribution in [0.5, 0.6) is 0 Å². The van der Waals surface area contributed by atoms with Gasteiger partial charge in [-0.3, -0.25) is 4.79 Å². The van der Waals surface area contributed by atoms with E-state index >= 15 is 0 Å². The topological polar surface area (TPSA) is 69.1 Å². The van der Waals surface area contributed by atoms with Crippen LogP contribution < -0.4 is 5.73 Å². The third-order valence-corrected chi connectivity index (χ3v) is 1.77. The van der Waals surface area contributed by atoms with Gasteiger partial charge in [0.25, 0.3) is 5.91 Å². The van der Waals surface area contributed by atoms with E-state index in [0.29, 0.717) is 5.69 Å². The zero-order chi connectivity index (χ0) is 13.3. The summed E-state index contributed by atoms with van der Waals surface area (Å²) in [5, 5.41) is 3.73. The second-order valence-corrected chi connectivity index (χ2v) is 2.78. The molecule has 92 valence electrons. The van der Waals surface area contributed by atoms with Gasteiger partial charge in [-0.25, -0.2) is 0 Å². The Morgan fingerprint density at radius 2 is 2.18 bits per heavy atom. The van der Waals surface area contributed by atoms with Gasteiger partial charge >= 0.3 is 0 Å². The third-order valence-electron chi connectivity index (χ3n) is 1.77. The minimum Gasteiger partial charge on any atom is -0.363 e. The summed E-state index contributed by atoms with van der Waals surface area (Å²) in [5.74, 6) is -0.576. The van der Waals surface area contributed by atoms with Gasteiger partial charge in [0, 0.05) is 6.07 Å². The van der Waals surface area contributed by atoms with Gasteiger partial charge in [0.15, 0.2) is 0 Å². The predicted molar refractivity (Wildman–Crippen MR) is 69.4 cm³/mol. The van der Waals surface area contributed by atoms with Crippen LogP contribution in [0.2, 0.25) is 0 Å². The van der Waals surface area contributed by atoms with Crippen LogP contribution >= 0.6 is 0 Å². The van der Waals surface area contributed by atoms with Crippen molar-refractivity contribution in [3.05, 3.63) is 48.4 Å². The fourth-order valence-corrected chi connectivity index (χ4v) is 1.03. The Labute approximate surface area is 101 Å². The van der Waals surface area contributed by atoms with E-state index in [0.717, 1.165) is 5.57 Å². The van der Waals surface area contributed by atoms with Crippen molar-refractivity contribution in [3.63, 3.8) is 0 Å². The summed E-state index contributed by atoms with van der Waals surface area (Å²) in [6.45, 7) is 9.42. The molecule has 0 aliphatic heterocycles. The zero-order valence-electron chi connectivity index (χ0n) is 10.4. The average Bonchev–Trinajstić information content (AvgIpc) is 2.82. The summed E-state index contributed by atoms with van der Waals surface area (Å²) < 4.78 is 4.76. The van der Waals surface area contributed by atoms with E-state index in [4.69, 9.17) is 10.3 Å². The molecule has 1 aromatic rings. The molecule has 0 aromatic carbocycles. The Kier molecular flexibility index (Phi) is 7.10. The number of carbonyl (C=O) groups excluding carboxylic acids is 1. The van der Waals surface area contributed by atoms with Crippen molar-refractivity contribution in [2.24, 2.45) is 5.73 Å². The van der Waals surface area contributed by atoms with Crippen LogP contribution in [0, 0.1) is 0 Å². The number of nitrogens with two attached hydrogens (primary N) is 1. The molecule has 0 aliphatic rings. The standard InChI is InChI=1S/C11H12N2O2.C2H6/c1-3-5-6-8(4-2)9-7-10(11(12)14)15-13-9;1-2/h3-7H,1H2,2H3,(H2,12,14);1-2H3/b6-5-,8-4+;. The third kappa shape index (κ3) is 4.51. The number of allylic oxidation sites excluding steroid dienone is 5. The molecular formula is C13H18N2O2. The van der Waals surface area contributed by atoms with Gasteiger partial charge < -0.3 is 10.3 Å². The molecule has 1 amide bonds. The average molecular weight is 234 g/mol. The fourth-order valence-electron chi connectivity index (χ4n) is 1.03. The van der Waals surface area contributed by atoms with Crippen molar-refractivity contribution in [1.82, 2.24) is 5.16 Å². The van der Waals surface area contributed by atoms with E-state index in [1.54, 1.807) is 12.2 Å². The van der Waals surface area contributed by atoms with Crippen molar-refractivity contribution in [2.75, 3.05) is 0 Å². The second-order valence-electron chi connectivity index (χ2n) is 2.78. The summed E-state index contributed by atoms with van der Waals surface area (Å²) in [6, 6.07) is 1.51. The molecule has 0 spiro atoms. The number of amides is 1. The van der Waals surface area contributed by atoms with Gasteiger partial charge in [0.05, 0.1) is 0 Å². The first-order valence-corrected chi connectivity index (χ1v) is 5.41. The Bertz CT molecular complexity index is 428. The van der Waals surface area contributed by atoms with Gasteiger partial charge in [0.1, 0.15) is 5.69 Å². The summed E-state index contributed by atoms with van der Waals surface area (Å²) in [6.07, 6.45) is 7.09. The number of aromatic nitrogens is 1. The molecule has 0 unspecified atom stereocenters. The van der Waals surface area contributed by atoms with E-state index in [-0.39, 0.29) is 5.76 Å².